The lowest BCUT2D eigenvalue weighted by Gasteiger charge is -2.06. The predicted molar refractivity (Wildman–Crippen MR) is 95.2 cm³/mol. The van der Waals surface area contributed by atoms with Gasteiger partial charge < -0.3 is 10.3 Å². The van der Waals surface area contributed by atoms with Crippen LogP contribution in [-0.2, 0) is 17.8 Å². The molecule has 0 saturated heterocycles. The van der Waals surface area contributed by atoms with Crippen molar-refractivity contribution < 1.29 is 4.79 Å². The average Bonchev–Trinajstić information content (AvgIpc) is 2.84. The molecule has 2 N–H and O–H groups in total. The minimum absolute atomic E-state index is 0.0152. The molecule has 23 heavy (non-hydrogen) atoms. The Bertz CT molecular complexity index is 910. The quantitative estimate of drug-likeness (QED) is 0.707. The Morgan fingerprint density at radius 2 is 1.87 bits per heavy atom. The standard InChI is InChI=1S/C17H18N3O2P/c1-18-16(21)8-11-2-4-12(5-3-11)10-20-15-9-13(23)6-7-14(15)19-17(20)22/h2-7,9H,8,10,23H2,1H3,(H,18,21)(H,19,22). The van der Waals surface area contributed by atoms with Crippen LogP contribution >= 0.6 is 9.24 Å². The fourth-order valence-corrected chi connectivity index (χ4v) is 2.80. The van der Waals surface area contributed by atoms with Crippen LogP contribution in [0.2, 0.25) is 0 Å². The molecule has 1 unspecified atom stereocenters. The molecule has 0 fully saturated rings. The van der Waals surface area contributed by atoms with Gasteiger partial charge in [0.15, 0.2) is 0 Å². The monoisotopic (exact) mass is 327 g/mol. The van der Waals surface area contributed by atoms with Crippen molar-refractivity contribution in [1.82, 2.24) is 14.9 Å². The number of hydrogen-bond acceptors (Lipinski definition) is 2. The molecule has 1 amide bonds. The van der Waals surface area contributed by atoms with Crippen LogP contribution in [0, 0.1) is 0 Å². The highest BCUT2D eigenvalue weighted by Gasteiger charge is 2.08. The van der Waals surface area contributed by atoms with E-state index < -0.39 is 0 Å². The summed E-state index contributed by atoms with van der Waals surface area (Å²) in [6, 6.07) is 13.6. The van der Waals surface area contributed by atoms with Crippen LogP contribution in [-0.4, -0.2) is 22.5 Å². The summed E-state index contributed by atoms with van der Waals surface area (Å²) >= 11 is 0. The second-order valence-electron chi connectivity index (χ2n) is 5.46. The lowest BCUT2D eigenvalue weighted by Crippen LogP contribution is -2.20. The highest BCUT2D eigenvalue weighted by molar-refractivity contribution is 7.27. The number of nitrogens with one attached hydrogen (secondary N) is 2. The fourth-order valence-electron chi connectivity index (χ4n) is 2.55. The molecular weight excluding hydrogens is 309 g/mol. The number of nitrogens with zero attached hydrogens (tertiary/aromatic N) is 1. The molecule has 118 valence electrons. The first-order valence-electron chi connectivity index (χ1n) is 7.33. The molecule has 5 nitrogen and oxygen atoms in total. The number of benzene rings is 2. The van der Waals surface area contributed by atoms with E-state index in [0.717, 1.165) is 27.5 Å². The average molecular weight is 327 g/mol. The second kappa shape index (κ2) is 6.39. The largest absolute Gasteiger partial charge is 0.359 e. The van der Waals surface area contributed by atoms with Crippen LogP contribution in [0.25, 0.3) is 11.0 Å². The number of carbonyl (C=O) groups excluding carboxylic acids is 1. The van der Waals surface area contributed by atoms with E-state index in [9.17, 15) is 9.59 Å². The molecule has 6 heteroatoms. The van der Waals surface area contributed by atoms with Crippen LogP contribution in [0.1, 0.15) is 11.1 Å². The normalized spacial score (nSPS) is 10.9. The summed E-state index contributed by atoms with van der Waals surface area (Å²) in [4.78, 5) is 26.4. The first-order chi connectivity index (χ1) is 11.1. The number of imidazole rings is 1. The fraction of sp³-hybridized carbons (Fsp3) is 0.176. The van der Waals surface area contributed by atoms with Gasteiger partial charge in [0.2, 0.25) is 5.91 Å². The number of aromatic amines is 1. The van der Waals surface area contributed by atoms with Gasteiger partial charge in [-0.1, -0.05) is 30.3 Å². The first kappa shape index (κ1) is 15.5. The van der Waals surface area contributed by atoms with Crippen molar-refractivity contribution >= 4 is 31.5 Å². The van der Waals surface area contributed by atoms with Gasteiger partial charge in [-0.25, -0.2) is 4.79 Å². The lowest BCUT2D eigenvalue weighted by atomic mass is 10.1. The van der Waals surface area contributed by atoms with Crippen molar-refractivity contribution in [2.24, 2.45) is 0 Å². The first-order valence-corrected chi connectivity index (χ1v) is 7.91. The van der Waals surface area contributed by atoms with E-state index in [2.05, 4.69) is 19.5 Å². The van der Waals surface area contributed by atoms with E-state index in [1.807, 2.05) is 42.5 Å². The smallest absolute Gasteiger partial charge is 0.326 e. The third kappa shape index (κ3) is 3.35. The van der Waals surface area contributed by atoms with Crippen molar-refractivity contribution in [3.63, 3.8) is 0 Å². The maximum absolute atomic E-state index is 12.2. The molecule has 1 aromatic heterocycles. The number of rotatable bonds is 4. The van der Waals surface area contributed by atoms with Gasteiger partial charge in [0.05, 0.1) is 24.0 Å². The van der Waals surface area contributed by atoms with E-state index in [4.69, 9.17) is 0 Å². The van der Waals surface area contributed by atoms with E-state index in [-0.39, 0.29) is 11.6 Å². The number of aromatic nitrogens is 2. The Labute approximate surface area is 135 Å². The summed E-state index contributed by atoms with van der Waals surface area (Å²) < 4.78 is 1.72. The Morgan fingerprint density at radius 1 is 1.17 bits per heavy atom. The maximum Gasteiger partial charge on any atom is 0.326 e. The van der Waals surface area contributed by atoms with Crippen molar-refractivity contribution in [1.29, 1.82) is 0 Å². The number of hydrogen-bond donors (Lipinski definition) is 2. The molecule has 3 aromatic rings. The molecule has 0 aliphatic heterocycles. The molecule has 1 heterocycles. The van der Waals surface area contributed by atoms with Crippen molar-refractivity contribution in [2.75, 3.05) is 7.05 Å². The van der Waals surface area contributed by atoms with Gasteiger partial charge in [-0.15, -0.1) is 9.24 Å². The van der Waals surface area contributed by atoms with Gasteiger partial charge in [-0.3, -0.25) is 9.36 Å². The van der Waals surface area contributed by atoms with Crippen LogP contribution < -0.4 is 16.3 Å². The molecule has 0 aliphatic rings. The van der Waals surface area contributed by atoms with Gasteiger partial charge in [0, 0.05) is 7.05 Å². The second-order valence-corrected chi connectivity index (χ2v) is 6.13. The Balaban J connectivity index is 1.87. The Hall–Kier alpha value is -2.39. The summed E-state index contributed by atoms with van der Waals surface area (Å²) in [5.41, 5.74) is 3.56. The number of carbonyl (C=O) groups is 1. The number of H-pyrrole nitrogens is 1. The summed E-state index contributed by atoms with van der Waals surface area (Å²) in [6.07, 6.45) is 0.361. The SMILES string of the molecule is CNC(=O)Cc1ccc(Cn2c(=O)[nH]c3ccc(P)cc32)cc1. The van der Waals surface area contributed by atoms with Crippen LogP contribution in [0.15, 0.2) is 47.3 Å². The number of likely N-dealkylation sites (N-methyl/N-ethyl adjacent to an activating group) is 1. The summed E-state index contributed by atoms with van der Waals surface area (Å²) in [5.74, 6) is -0.0152. The predicted octanol–water partition coefficient (Wildman–Crippen LogP) is 1.17. The molecule has 3 rings (SSSR count). The molecule has 0 aliphatic carbocycles. The van der Waals surface area contributed by atoms with Gasteiger partial charge >= 0.3 is 5.69 Å². The molecule has 0 bridgehead atoms. The summed E-state index contributed by atoms with van der Waals surface area (Å²) in [7, 11) is 4.27. The minimum atomic E-state index is -0.120. The third-order valence-electron chi connectivity index (χ3n) is 3.81. The molecule has 0 spiro atoms. The molecule has 1 atom stereocenters. The van der Waals surface area contributed by atoms with Gasteiger partial charge in [0.25, 0.3) is 0 Å². The molecular formula is C17H18N3O2P. The molecule has 0 radical (unpaired) electrons. The van der Waals surface area contributed by atoms with Gasteiger partial charge in [0.1, 0.15) is 0 Å². The third-order valence-corrected chi connectivity index (χ3v) is 4.17. The summed E-state index contributed by atoms with van der Waals surface area (Å²) in [6.45, 7) is 0.493. The Morgan fingerprint density at radius 3 is 2.57 bits per heavy atom. The van der Waals surface area contributed by atoms with E-state index >= 15 is 0 Å². The topological polar surface area (TPSA) is 66.9 Å². The van der Waals surface area contributed by atoms with Gasteiger partial charge in [-0.2, -0.15) is 0 Å². The number of amides is 1. The maximum atomic E-state index is 12.2. The zero-order valence-corrected chi connectivity index (χ0v) is 14.0. The zero-order valence-electron chi connectivity index (χ0n) is 12.8. The summed E-state index contributed by atoms with van der Waals surface area (Å²) in [5, 5.41) is 3.64. The highest BCUT2D eigenvalue weighted by atomic mass is 31.0. The molecule has 0 saturated carbocycles. The van der Waals surface area contributed by atoms with Crippen molar-refractivity contribution in [2.45, 2.75) is 13.0 Å². The van der Waals surface area contributed by atoms with Crippen LogP contribution in [0.3, 0.4) is 0 Å². The van der Waals surface area contributed by atoms with Crippen LogP contribution in [0.4, 0.5) is 0 Å². The van der Waals surface area contributed by atoms with E-state index in [0.29, 0.717) is 13.0 Å². The highest BCUT2D eigenvalue weighted by Crippen LogP contribution is 2.12. The van der Waals surface area contributed by atoms with Crippen molar-refractivity contribution in [3.05, 3.63) is 64.1 Å². The van der Waals surface area contributed by atoms with Gasteiger partial charge in [-0.05, 0) is 28.6 Å². The number of fused-ring (bicyclic) bond motifs is 1. The van der Waals surface area contributed by atoms with E-state index in [1.54, 1.807) is 11.6 Å². The molecule has 2 aromatic carbocycles. The lowest BCUT2D eigenvalue weighted by molar-refractivity contribution is -0.119. The minimum Gasteiger partial charge on any atom is -0.359 e. The van der Waals surface area contributed by atoms with Crippen molar-refractivity contribution in [3.8, 4) is 0 Å². The zero-order chi connectivity index (χ0) is 16.4. The van der Waals surface area contributed by atoms with Crippen LogP contribution in [0.5, 0.6) is 0 Å². The Kier molecular flexibility index (Phi) is 4.30. The van der Waals surface area contributed by atoms with E-state index in [1.165, 1.54) is 0 Å².